The molecule has 1 amide bonds. The van der Waals surface area contributed by atoms with E-state index in [4.69, 9.17) is 0 Å². The van der Waals surface area contributed by atoms with Gasteiger partial charge < -0.3 is 5.32 Å². The molecule has 0 atom stereocenters. The van der Waals surface area contributed by atoms with E-state index in [1.807, 2.05) is 30.3 Å². The van der Waals surface area contributed by atoms with Crippen LogP contribution in [0, 0.1) is 10.1 Å². The Hall–Kier alpha value is -3.13. The number of carbonyl (C=O) groups excluding carboxylic acids is 1. The summed E-state index contributed by atoms with van der Waals surface area (Å²) in [7, 11) is 0. The van der Waals surface area contributed by atoms with Crippen LogP contribution in [0.2, 0.25) is 0 Å². The van der Waals surface area contributed by atoms with Gasteiger partial charge in [0.1, 0.15) is 5.82 Å². The van der Waals surface area contributed by atoms with Crippen LogP contribution in [0.4, 0.5) is 11.5 Å². The number of rotatable bonds is 6. The highest BCUT2D eigenvalue weighted by Crippen LogP contribution is 2.36. The fourth-order valence-electron chi connectivity index (χ4n) is 3.14. The van der Waals surface area contributed by atoms with Gasteiger partial charge in [-0.15, -0.1) is 0 Å². The van der Waals surface area contributed by atoms with Crippen LogP contribution < -0.4 is 5.32 Å². The Bertz CT molecular complexity index is 1020. The van der Waals surface area contributed by atoms with Crippen molar-refractivity contribution >= 4 is 29.2 Å². The van der Waals surface area contributed by atoms with Crippen molar-refractivity contribution in [3.05, 3.63) is 81.5 Å². The first-order valence-electron chi connectivity index (χ1n) is 8.89. The number of aryl methyl sites for hydroxylation is 1. The van der Waals surface area contributed by atoms with Crippen molar-refractivity contribution in [1.29, 1.82) is 0 Å². The van der Waals surface area contributed by atoms with Crippen LogP contribution in [-0.4, -0.2) is 20.6 Å². The molecule has 1 aliphatic rings. The number of aromatic nitrogens is 2. The Kier molecular flexibility index (Phi) is 5.12. The number of benzene rings is 2. The van der Waals surface area contributed by atoms with Gasteiger partial charge in [-0.05, 0) is 24.1 Å². The Morgan fingerprint density at radius 1 is 1.14 bits per heavy atom. The lowest BCUT2D eigenvalue weighted by atomic mass is 10.1. The van der Waals surface area contributed by atoms with E-state index in [-0.39, 0.29) is 11.6 Å². The minimum absolute atomic E-state index is 0.0208. The Morgan fingerprint density at radius 3 is 2.61 bits per heavy atom. The normalized spacial score (nSPS) is 12.6. The van der Waals surface area contributed by atoms with Crippen molar-refractivity contribution in [2.24, 2.45) is 0 Å². The maximum absolute atomic E-state index is 12.6. The molecule has 1 aromatic heterocycles. The first kappa shape index (κ1) is 18.2. The minimum Gasteiger partial charge on any atom is -0.310 e. The molecule has 0 saturated heterocycles. The molecule has 0 spiro atoms. The van der Waals surface area contributed by atoms with Crippen molar-refractivity contribution in [1.82, 2.24) is 9.78 Å². The molecule has 1 N–H and O–H groups in total. The van der Waals surface area contributed by atoms with E-state index in [0.717, 1.165) is 28.3 Å². The molecule has 28 heavy (non-hydrogen) atoms. The lowest BCUT2D eigenvalue weighted by molar-refractivity contribution is -0.384. The number of non-ortho nitro benzene ring substituents is 1. The summed E-state index contributed by atoms with van der Waals surface area (Å²) in [5.41, 5.74) is 3.79. The number of anilines is 1. The standard InChI is InChI=1S/C20H18N4O3S/c25-19(11-6-14-4-2-1-3-5-14)21-20-17-12-28-13-18(17)22-23(20)15-7-9-16(10-8-15)24(26)27/h1-5,7-10H,6,11-13H2,(H,21,25). The summed E-state index contributed by atoms with van der Waals surface area (Å²) in [4.78, 5) is 23.0. The summed E-state index contributed by atoms with van der Waals surface area (Å²) >= 11 is 1.75. The summed E-state index contributed by atoms with van der Waals surface area (Å²) in [5, 5.41) is 18.5. The van der Waals surface area contributed by atoms with Gasteiger partial charge in [-0.3, -0.25) is 14.9 Å². The molecule has 0 radical (unpaired) electrons. The van der Waals surface area contributed by atoms with Crippen LogP contribution in [0.25, 0.3) is 5.69 Å². The van der Waals surface area contributed by atoms with Gasteiger partial charge in [0.25, 0.3) is 5.69 Å². The summed E-state index contributed by atoms with van der Waals surface area (Å²) < 4.78 is 1.68. The topological polar surface area (TPSA) is 90.1 Å². The van der Waals surface area contributed by atoms with E-state index >= 15 is 0 Å². The van der Waals surface area contributed by atoms with Crippen LogP contribution in [0.5, 0.6) is 0 Å². The molecule has 0 unspecified atom stereocenters. The monoisotopic (exact) mass is 394 g/mol. The van der Waals surface area contributed by atoms with Gasteiger partial charge in [0, 0.05) is 35.6 Å². The molecule has 3 aromatic rings. The highest BCUT2D eigenvalue weighted by atomic mass is 32.2. The number of hydrogen-bond acceptors (Lipinski definition) is 5. The van der Waals surface area contributed by atoms with E-state index in [1.165, 1.54) is 12.1 Å². The highest BCUT2D eigenvalue weighted by Gasteiger charge is 2.24. The predicted molar refractivity (Wildman–Crippen MR) is 109 cm³/mol. The SMILES string of the molecule is O=C(CCc1ccccc1)Nc1c2c(nn1-c1ccc([N+](=O)[O-])cc1)CSC2. The zero-order valence-corrected chi connectivity index (χ0v) is 15.8. The molecule has 8 heteroatoms. The van der Waals surface area contributed by atoms with Crippen molar-refractivity contribution < 1.29 is 9.72 Å². The van der Waals surface area contributed by atoms with Crippen molar-refractivity contribution in [2.45, 2.75) is 24.3 Å². The third-order valence-electron chi connectivity index (χ3n) is 4.60. The summed E-state index contributed by atoms with van der Waals surface area (Å²) in [6, 6.07) is 16.1. The molecule has 2 heterocycles. The van der Waals surface area contributed by atoms with E-state index in [1.54, 1.807) is 28.6 Å². The zero-order valence-electron chi connectivity index (χ0n) is 15.0. The smallest absolute Gasteiger partial charge is 0.269 e. The molecule has 7 nitrogen and oxygen atoms in total. The molecule has 1 aliphatic heterocycles. The summed E-state index contributed by atoms with van der Waals surface area (Å²) in [6.07, 6.45) is 1.03. The number of fused-ring (bicyclic) bond motifs is 1. The molecule has 142 valence electrons. The van der Waals surface area contributed by atoms with Gasteiger partial charge >= 0.3 is 0 Å². The highest BCUT2D eigenvalue weighted by molar-refractivity contribution is 7.98. The van der Waals surface area contributed by atoms with Crippen LogP contribution >= 0.6 is 11.8 Å². The predicted octanol–water partition coefficient (Wildman–Crippen LogP) is 4.10. The molecule has 0 aliphatic carbocycles. The van der Waals surface area contributed by atoms with E-state index in [2.05, 4.69) is 10.4 Å². The van der Waals surface area contributed by atoms with Gasteiger partial charge in [-0.25, -0.2) is 4.68 Å². The average molecular weight is 394 g/mol. The van der Waals surface area contributed by atoms with Crippen LogP contribution in [-0.2, 0) is 22.7 Å². The third kappa shape index (κ3) is 3.77. The first-order valence-corrected chi connectivity index (χ1v) is 10.0. The second kappa shape index (κ2) is 7.85. The fraction of sp³-hybridized carbons (Fsp3) is 0.200. The molecule has 4 rings (SSSR count). The lowest BCUT2D eigenvalue weighted by Crippen LogP contribution is -2.16. The second-order valence-electron chi connectivity index (χ2n) is 6.49. The number of nitrogens with zero attached hydrogens (tertiary/aromatic N) is 3. The van der Waals surface area contributed by atoms with Gasteiger partial charge in [0.2, 0.25) is 5.91 Å². The summed E-state index contributed by atoms with van der Waals surface area (Å²) in [6.45, 7) is 0. The van der Waals surface area contributed by atoms with Crippen LogP contribution in [0.15, 0.2) is 54.6 Å². The first-order chi connectivity index (χ1) is 13.6. The Morgan fingerprint density at radius 2 is 1.89 bits per heavy atom. The molecule has 2 aromatic carbocycles. The van der Waals surface area contributed by atoms with Crippen molar-refractivity contribution in [3.63, 3.8) is 0 Å². The van der Waals surface area contributed by atoms with Crippen LogP contribution in [0.3, 0.4) is 0 Å². The quantitative estimate of drug-likeness (QED) is 0.502. The maximum Gasteiger partial charge on any atom is 0.269 e. The number of carbonyl (C=O) groups is 1. The van der Waals surface area contributed by atoms with Gasteiger partial charge in [-0.1, -0.05) is 30.3 Å². The fourth-order valence-corrected chi connectivity index (χ4v) is 4.18. The number of nitrogens with one attached hydrogen (secondary N) is 1. The Labute approximate surface area is 165 Å². The minimum atomic E-state index is -0.435. The average Bonchev–Trinajstić information content (AvgIpc) is 3.30. The van der Waals surface area contributed by atoms with Crippen LogP contribution in [0.1, 0.15) is 23.2 Å². The van der Waals surface area contributed by atoms with Gasteiger partial charge in [0.15, 0.2) is 0 Å². The van der Waals surface area contributed by atoms with Crippen molar-refractivity contribution in [2.75, 3.05) is 5.32 Å². The van der Waals surface area contributed by atoms with Gasteiger partial charge in [0.05, 0.1) is 16.3 Å². The van der Waals surface area contributed by atoms with E-state index < -0.39 is 4.92 Å². The largest absolute Gasteiger partial charge is 0.310 e. The molecular formula is C20H18N4O3S. The number of hydrogen-bond donors (Lipinski definition) is 1. The lowest BCUT2D eigenvalue weighted by Gasteiger charge is -2.11. The zero-order chi connectivity index (χ0) is 19.5. The van der Waals surface area contributed by atoms with E-state index in [9.17, 15) is 14.9 Å². The molecule has 0 bridgehead atoms. The van der Waals surface area contributed by atoms with E-state index in [0.29, 0.717) is 24.3 Å². The molecule has 0 saturated carbocycles. The number of amides is 1. The number of nitro benzene ring substituents is 1. The molecule has 0 fully saturated rings. The maximum atomic E-state index is 12.6. The van der Waals surface area contributed by atoms with Crippen molar-refractivity contribution in [3.8, 4) is 5.69 Å². The summed E-state index contributed by atoms with van der Waals surface area (Å²) in [5.74, 6) is 2.16. The van der Waals surface area contributed by atoms with Gasteiger partial charge in [-0.2, -0.15) is 16.9 Å². The molecular weight excluding hydrogens is 376 g/mol. The number of thioether (sulfide) groups is 1. The second-order valence-corrected chi connectivity index (χ2v) is 7.47. The third-order valence-corrected chi connectivity index (χ3v) is 5.57. The number of nitro groups is 1. The Balaban J connectivity index is 1.56.